The minimum Gasteiger partial charge on any atom is -0.292 e. The first-order chi connectivity index (χ1) is 9.17. The number of hydrogen-bond acceptors (Lipinski definition) is 3. The number of amides is 2. The molecule has 2 atom stereocenters. The topological polar surface area (TPSA) is 49.4 Å². The van der Waals surface area contributed by atoms with E-state index < -0.39 is 6.04 Å². The zero-order valence-electron chi connectivity index (χ0n) is 10.8. The van der Waals surface area contributed by atoms with Gasteiger partial charge in [-0.05, 0) is 18.6 Å². The van der Waals surface area contributed by atoms with E-state index >= 15 is 0 Å². The standard InChI is InChI=1S/C15H16N2O2/c1-3-11(4-2)16-13-10-14(18)17(15(13)19)12-8-6-5-7-9-12/h1,5-9,11,13,16H,4,10H2,2H3. The van der Waals surface area contributed by atoms with Crippen LogP contribution in [-0.4, -0.2) is 23.9 Å². The normalized spacial score (nSPS) is 20.4. The van der Waals surface area contributed by atoms with E-state index in [0.717, 1.165) is 6.42 Å². The summed E-state index contributed by atoms with van der Waals surface area (Å²) in [4.78, 5) is 25.4. The van der Waals surface area contributed by atoms with Crippen molar-refractivity contribution in [3.63, 3.8) is 0 Å². The quantitative estimate of drug-likeness (QED) is 0.653. The highest BCUT2D eigenvalue weighted by atomic mass is 16.2. The molecular formula is C15H16N2O2. The maximum absolute atomic E-state index is 12.3. The van der Waals surface area contributed by atoms with Crippen LogP contribution in [0.2, 0.25) is 0 Å². The van der Waals surface area contributed by atoms with Gasteiger partial charge in [-0.2, -0.15) is 0 Å². The Morgan fingerprint density at radius 3 is 2.68 bits per heavy atom. The van der Waals surface area contributed by atoms with E-state index in [1.165, 1.54) is 4.90 Å². The van der Waals surface area contributed by atoms with Gasteiger partial charge < -0.3 is 0 Å². The van der Waals surface area contributed by atoms with Crippen molar-refractivity contribution in [1.82, 2.24) is 5.32 Å². The predicted molar refractivity (Wildman–Crippen MR) is 73.4 cm³/mol. The third-order valence-corrected chi connectivity index (χ3v) is 3.17. The molecule has 0 spiro atoms. The first-order valence-electron chi connectivity index (χ1n) is 6.31. The highest BCUT2D eigenvalue weighted by Gasteiger charge is 2.39. The number of nitrogens with zero attached hydrogens (tertiary/aromatic N) is 1. The van der Waals surface area contributed by atoms with Gasteiger partial charge in [-0.25, -0.2) is 4.90 Å². The number of carbonyl (C=O) groups is 2. The van der Waals surface area contributed by atoms with Crippen LogP contribution in [0.1, 0.15) is 19.8 Å². The van der Waals surface area contributed by atoms with Crippen LogP contribution < -0.4 is 10.2 Å². The van der Waals surface area contributed by atoms with Gasteiger partial charge in [-0.1, -0.05) is 31.0 Å². The van der Waals surface area contributed by atoms with Crippen molar-refractivity contribution in [2.24, 2.45) is 0 Å². The Labute approximate surface area is 112 Å². The fourth-order valence-corrected chi connectivity index (χ4v) is 2.14. The van der Waals surface area contributed by atoms with Crippen molar-refractivity contribution in [2.75, 3.05) is 4.90 Å². The van der Waals surface area contributed by atoms with Gasteiger partial charge in [-0.15, -0.1) is 6.42 Å². The maximum atomic E-state index is 12.3. The number of para-hydroxylation sites is 1. The van der Waals surface area contributed by atoms with Crippen molar-refractivity contribution < 1.29 is 9.59 Å². The molecular weight excluding hydrogens is 240 g/mol. The van der Waals surface area contributed by atoms with Gasteiger partial charge in [0.2, 0.25) is 5.91 Å². The van der Waals surface area contributed by atoms with Crippen LogP contribution in [0.15, 0.2) is 30.3 Å². The second-order valence-electron chi connectivity index (χ2n) is 4.45. The van der Waals surface area contributed by atoms with Crippen LogP contribution in [-0.2, 0) is 9.59 Å². The number of hydrogen-bond donors (Lipinski definition) is 1. The summed E-state index contributed by atoms with van der Waals surface area (Å²) >= 11 is 0. The summed E-state index contributed by atoms with van der Waals surface area (Å²) in [6.07, 6.45) is 6.25. The van der Waals surface area contributed by atoms with Crippen LogP contribution in [0.3, 0.4) is 0 Å². The first-order valence-corrected chi connectivity index (χ1v) is 6.31. The Balaban J connectivity index is 2.16. The first kappa shape index (κ1) is 13.3. The van der Waals surface area contributed by atoms with Gasteiger partial charge in [0, 0.05) is 0 Å². The van der Waals surface area contributed by atoms with Crippen molar-refractivity contribution in [3.05, 3.63) is 30.3 Å². The molecule has 1 heterocycles. The molecule has 98 valence electrons. The lowest BCUT2D eigenvalue weighted by Gasteiger charge is -2.17. The third-order valence-electron chi connectivity index (χ3n) is 3.17. The molecule has 4 heteroatoms. The molecule has 1 aromatic carbocycles. The van der Waals surface area contributed by atoms with Crippen molar-refractivity contribution in [2.45, 2.75) is 31.8 Å². The van der Waals surface area contributed by atoms with E-state index in [-0.39, 0.29) is 24.3 Å². The fourth-order valence-electron chi connectivity index (χ4n) is 2.14. The second kappa shape index (κ2) is 5.68. The van der Waals surface area contributed by atoms with E-state index in [2.05, 4.69) is 11.2 Å². The second-order valence-corrected chi connectivity index (χ2v) is 4.45. The summed E-state index contributed by atoms with van der Waals surface area (Å²) in [5, 5.41) is 3.05. The zero-order chi connectivity index (χ0) is 13.8. The lowest BCUT2D eigenvalue weighted by molar-refractivity contribution is -0.121. The molecule has 1 aliphatic heterocycles. The van der Waals surface area contributed by atoms with E-state index in [0.29, 0.717) is 5.69 Å². The van der Waals surface area contributed by atoms with Crippen LogP contribution in [0, 0.1) is 12.3 Å². The lowest BCUT2D eigenvalue weighted by atomic mass is 10.1. The van der Waals surface area contributed by atoms with Crippen LogP contribution >= 0.6 is 0 Å². The van der Waals surface area contributed by atoms with E-state index in [1.807, 2.05) is 13.0 Å². The summed E-state index contributed by atoms with van der Waals surface area (Å²) in [5.74, 6) is 2.15. The minimum absolute atomic E-state index is 0.159. The van der Waals surface area contributed by atoms with Crippen molar-refractivity contribution in [1.29, 1.82) is 0 Å². The molecule has 1 N–H and O–H groups in total. The molecule has 19 heavy (non-hydrogen) atoms. The lowest BCUT2D eigenvalue weighted by Crippen LogP contribution is -2.43. The van der Waals surface area contributed by atoms with Gasteiger partial charge in [0.1, 0.15) is 0 Å². The molecule has 0 radical (unpaired) electrons. The summed E-state index contributed by atoms with van der Waals surface area (Å²) in [7, 11) is 0. The Hall–Kier alpha value is -2.12. The highest BCUT2D eigenvalue weighted by molar-refractivity contribution is 6.22. The molecule has 4 nitrogen and oxygen atoms in total. The number of rotatable bonds is 4. The summed E-state index contributed by atoms with van der Waals surface area (Å²) in [5.41, 5.74) is 0.607. The molecule has 2 unspecified atom stereocenters. The Bertz CT molecular complexity index is 519. The van der Waals surface area contributed by atoms with Gasteiger partial charge in [0.15, 0.2) is 0 Å². The van der Waals surface area contributed by atoms with Crippen LogP contribution in [0.25, 0.3) is 0 Å². The van der Waals surface area contributed by atoms with Crippen molar-refractivity contribution in [3.8, 4) is 12.3 Å². The maximum Gasteiger partial charge on any atom is 0.251 e. The molecule has 2 rings (SSSR count). The molecule has 0 saturated carbocycles. The summed E-state index contributed by atoms with van der Waals surface area (Å²) < 4.78 is 0. The smallest absolute Gasteiger partial charge is 0.251 e. The molecule has 0 aromatic heterocycles. The predicted octanol–water partition coefficient (Wildman–Crippen LogP) is 1.32. The van der Waals surface area contributed by atoms with E-state index in [9.17, 15) is 9.59 Å². The van der Waals surface area contributed by atoms with E-state index in [4.69, 9.17) is 6.42 Å². The number of anilines is 1. The molecule has 2 amide bonds. The Morgan fingerprint density at radius 1 is 1.42 bits per heavy atom. The molecule has 0 bridgehead atoms. The molecule has 0 aliphatic carbocycles. The number of imide groups is 1. The Morgan fingerprint density at radius 2 is 2.11 bits per heavy atom. The number of nitrogens with one attached hydrogen (secondary N) is 1. The molecule has 1 fully saturated rings. The number of benzene rings is 1. The minimum atomic E-state index is -0.520. The SMILES string of the molecule is C#CC(CC)NC1CC(=O)N(c2ccccc2)C1=O. The van der Waals surface area contributed by atoms with Crippen molar-refractivity contribution >= 4 is 17.5 Å². The summed E-state index contributed by atoms with van der Waals surface area (Å²) in [6.45, 7) is 1.94. The van der Waals surface area contributed by atoms with Gasteiger partial charge >= 0.3 is 0 Å². The average Bonchev–Trinajstić information content (AvgIpc) is 2.71. The zero-order valence-corrected chi connectivity index (χ0v) is 10.8. The fraction of sp³-hybridized carbons (Fsp3) is 0.333. The largest absolute Gasteiger partial charge is 0.292 e. The summed E-state index contributed by atoms with van der Waals surface area (Å²) in [6, 6.07) is 8.23. The third kappa shape index (κ3) is 2.67. The molecule has 1 saturated heterocycles. The van der Waals surface area contributed by atoms with Gasteiger partial charge in [-0.3, -0.25) is 14.9 Å². The number of carbonyl (C=O) groups excluding carboxylic acids is 2. The van der Waals surface area contributed by atoms with E-state index in [1.54, 1.807) is 24.3 Å². The van der Waals surface area contributed by atoms with Crippen LogP contribution in [0.4, 0.5) is 5.69 Å². The van der Waals surface area contributed by atoms with Gasteiger partial charge in [0.05, 0.1) is 24.2 Å². The molecule has 1 aromatic rings. The Kier molecular flexibility index (Phi) is 3.98. The highest BCUT2D eigenvalue weighted by Crippen LogP contribution is 2.22. The number of terminal acetylenes is 1. The monoisotopic (exact) mass is 256 g/mol. The molecule has 1 aliphatic rings. The van der Waals surface area contributed by atoms with Gasteiger partial charge in [0.25, 0.3) is 5.91 Å². The average molecular weight is 256 g/mol. The van der Waals surface area contributed by atoms with Crippen LogP contribution in [0.5, 0.6) is 0 Å².